The minimum Gasteiger partial charge on any atom is -0.460 e. The summed E-state index contributed by atoms with van der Waals surface area (Å²) < 4.78 is 10.8. The third kappa shape index (κ3) is 10.8. The molecule has 0 amide bonds. The van der Waals surface area contributed by atoms with Gasteiger partial charge in [0, 0.05) is 11.6 Å². The highest BCUT2D eigenvalue weighted by Crippen LogP contribution is 2.16. The number of halogens is 1. The predicted molar refractivity (Wildman–Crippen MR) is 78.3 cm³/mol. The SMILES string of the molecule is CCCCCC[Si](C)(C)OCCOC(=O)C=CCl. The monoisotopic (exact) mass is 292 g/mol. The van der Waals surface area contributed by atoms with Gasteiger partial charge in [-0.1, -0.05) is 44.2 Å². The first-order chi connectivity index (χ1) is 8.52. The highest BCUT2D eigenvalue weighted by atomic mass is 35.5. The van der Waals surface area contributed by atoms with E-state index in [1.807, 2.05) is 0 Å². The van der Waals surface area contributed by atoms with Crippen molar-refractivity contribution >= 4 is 25.9 Å². The minimum absolute atomic E-state index is 0.297. The van der Waals surface area contributed by atoms with Crippen LogP contribution in [0.15, 0.2) is 11.6 Å². The van der Waals surface area contributed by atoms with Crippen LogP contribution >= 0.6 is 11.6 Å². The zero-order valence-electron chi connectivity index (χ0n) is 11.7. The molecule has 0 aromatic heterocycles. The number of ether oxygens (including phenoxy) is 1. The smallest absolute Gasteiger partial charge is 0.331 e. The van der Waals surface area contributed by atoms with E-state index >= 15 is 0 Å². The summed E-state index contributed by atoms with van der Waals surface area (Å²) in [4.78, 5) is 11.0. The Kier molecular flexibility index (Phi) is 10.4. The number of unbranched alkanes of at least 4 members (excludes halogenated alkanes) is 3. The highest BCUT2D eigenvalue weighted by molar-refractivity contribution is 6.71. The van der Waals surface area contributed by atoms with Gasteiger partial charge >= 0.3 is 5.97 Å². The molecule has 0 heterocycles. The Morgan fingerprint density at radius 2 is 1.94 bits per heavy atom. The fourth-order valence-electron chi connectivity index (χ4n) is 1.61. The molecule has 0 atom stereocenters. The van der Waals surface area contributed by atoms with Gasteiger partial charge in [0.05, 0.1) is 6.61 Å². The molecule has 0 fully saturated rings. The maximum Gasteiger partial charge on any atom is 0.331 e. The zero-order valence-corrected chi connectivity index (χ0v) is 13.5. The summed E-state index contributed by atoms with van der Waals surface area (Å²) in [5.74, 6) is -0.420. The number of carbonyl (C=O) groups excluding carboxylic acids is 1. The van der Waals surface area contributed by atoms with E-state index in [1.54, 1.807) is 0 Å². The van der Waals surface area contributed by atoms with Gasteiger partial charge in [-0.3, -0.25) is 0 Å². The Morgan fingerprint density at radius 3 is 2.56 bits per heavy atom. The van der Waals surface area contributed by atoms with E-state index in [2.05, 4.69) is 20.0 Å². The van der Waals surface area contributed by atoms with Gasteiger partial charge in [0.2, 0.25) is 0 Å². The molecule has 0 aliphatic carbocycles. The first kappa shape index (κ1) is 17.7. The highest BCUT2D eigenvalue weighted by Gasteiger charge is 2.21. The van der Waals surface area contributed by atoms with Crippen molar-refractivity contribution in [3.05, 3.63) is 11.6 Å². The summed E-state index contributed by atoms with van der Waals surface area (Å²) in [6, 6.07) is 1.17. The van der Waals surface area contributed by atoms with E-state index in [0.717, 1.165) is 5.54 Å². The lowest BCUT2D eigenvalue weighted by atomic mass is 10.2. The number of hydrogen-bond acceptors (Lipinski definition) is 3. The van der Waals surface area contributed by atoms with Gasteiger partial charge in [0.1, 0.15) is 6.61 Å². The number of rotatable bonds is 10. The molecular weight excluding hydrogens is 268 g/mol. The number of esters is 1. The van der Waals surface area contributed by atoms with E-state index in [0.29, 0.717) is 13.2 Å². The van der Waals surface area contributed by atoms with Crippen LogP contribution in [0.5, 0.6) is 0 Å². The summed E-state index contributed by atoms with van der Waals surface area (Å²) in [7, 11) is -1.58. The van der Waals surface area contributed by atoms with Crippen molar-refractivity contribution in [3.8, 4) is 0 Å². The van der Waals surface area contributed by atoms with E-state index in [1.165, 1.54) is 37.8 Å². The maximum atomic E-state index is 11.0. The summed E-state index contributed by atoms with van der Waals surface area (Å²) in [6.45, 7) is 7.40. The average Bonchev–Trinajstić information content (AvgIpc) is 2.31. The first-order valence-corrected chi connectivity index (χ1v) is 10.1. The number of carbonyl (C=O) groups is 1. The topological polar surface area (TPSA) is 35.5 Å². The molecule has 0 aromatic carbocycles. The van der Waals surface area contributed by atoms with E-state index < -0.39 is 14.3 Å². The second-order valence-electron chi connectivity index (χ2n) is 4.88. The van der Waals surface area contributed by atoms with Crippen LogP contribution < -0.4 is 0 Å². The number of hydrogen-bond donors (Lipinski definition) is 0. The molecule has 0 aliphatic rings. The van der Waals surface area contributed by atoms with Crippen molar-refractivity contribution < 1.29 is 14.0 Å². The fourth-order valence-corrected chi connectivity index (χ4v) is 3.59. The van der Waals surface area contributed by atoms with Gasteiger partial charge in [-0.25, -0.2) is 4.79 Å². The quantitative estimate of drug-likeness (QED) is 0.263. The zero-order chi connectivity index (χ0) is 13.9. The van der Waals surface area contributed by atoms with Crippen LogP contribution in [0.2, 0.25) is 19.1 Å². The Bertz CT molecular complexity index is 255. The molecule has 0 aliphatic heterocycles. The summed E-state index contributed by atoms with van der Waals surface area (Å²) in [5.41, 5.74) is 1.15. The Balaban J connectivity index is 3.60. The van der Waals surface area contributed by atoms with Gasteiger partial charge in [0.25, 0.3) is 0 Å². The molecule has 0 N–H and O–H groups in total. The van der Waals surface area contributed by atoms with Gasteiger partial charge in [-0.15, -0.1) is 0 Å². The van der Waals surface area contributed by atoms with Crippen LogP contribution in [0, 0.1) is 0 Å². The third-order valence-corrected chi connectivity index (χ3v) is 5.32. The van der Waals surface area contributed by atoms with Crippen LogP contribution in [0.25, 0.3) is 0 Å². The molecule has 5 heteroatoms. The first-order valence-electron chi connectivity index (χ1n) is 6.59. The van der Waals surface area contributed by atoms with Crippen LogP contribution in [0.3, 0.4) is 0 Å². The van der Waals surface area contributed by atoms with E-state index in [4.69, 9.17) is 20.8 Å². The summed E-state index contributed by atoms with van der Waals surface area (Å²) >= 11 is 5.26. The van der Waals surface area contributed by atoms with Crippen LogP contribution in [0.1, 0.15) is 32.6 Å². The predicted octanol–water partition coefficient (Wildman–Crippen LogP) is 4.08. The van der Waals surface area contributed by atoms with Gasteiger partial charge in [0.15, 0.2) is 8.32 Å². The lowest BCUT2D eigenvalue weighted by Crippen LogP contribution is -2.31. The second-order valence-corrected chi connectivity index (χ2v) is 9.44. The molecule has 0 unspecified atom stereocenters. The van der Waals surface area contributed by atoms with Gasteiger partial charge < -0.3 is 9.16 Å². The average molecular weight is 293 g/mol. The standard InChI is InChI=1S/C13H25ClO3Si/c1-4-5-6-7-12-18(2,3)17-11-10-16-13(15)8-9-14/h8-9H,4-7,10-12H2,1-3H3. The molecule has 0 saturated heterocycles. The molecule has 106 valence electrons. The molecular formula is C13H25ClO3Si. The molecule has 0 aromatic rings. The second kappa shape index (κ2) is 10.6. The van der Waals surface area contributed by atoms with Crippen LogP contribution in [0.4, 0.5) is 0 Å². The van der Waals surface area contributed by atoms with Crippen molar-refractivity contribution in [2.45, 2.75) is 51.7 Å². The third-order valence-electron chi connectivity index (χ3n) is 2.65. The molecule has 3 nitrogen and oxygen atoms in total. The molecule has 0 rings (SSSR count). The minimum atomic E-state index is -1.58. The van der Waals surface area contributed by atoms with Crippen LogP contribution in [-0.4, -0.2) is 27.5 Å². The molecule has 18 heavy (non-hydrogen) atoms. The Morgan fingerprint density at radius 1 is 1.22 bits per heavy atom. The van der Waals surface area contributed by atoms with Crippen molar-refractivity contribution in [2.75, 3.05) is 13.2 Å². The van der Waals surface area contributed by atoms with E-state index in [9.17, 15) is 4.79 Å². The Labute approximate surface area is 117 Å². The van der Waals surface area contributed by atoms with Gasteiger partial charge in [-0.05, 0) is 19.1 Å². The van der Waals surface area contributed by atoms with E-state index in [-0.39, 0.29) is 0 Å². The Hall–Kier alpha value is -0.323. The molecule has 0 radical (unpaired) electrons. The van der Waals surface area contributed by atoms with Crippen molar-refractivity contribution in [2.24, 2.45) is 0 Å². The maximum absolute atomic E-state index is 11.0. The van der Waals surface area contributed by atoms with Crippen molar-refractivity contribution in [1.29, 1.82) is 0 Å². The summed E-state index contributed by atoms with van der Waals surface area (Å²) in [6.07, 6.45) is 6.27. The summed E-state index contributed by atoms with van der Waals surface area (Å²) in [5, 5.41) is 0. The van der Waals surface area contributed by atoms with Crippen molar-refractivity contribution in [3.63, 3.8) is 0 Å². The largest absolute Gasteiger partial charge is 0.460 e. The lowest BCUT2D eigenvalue weighted by Gasteiger charge is -2.22. The molecule has 0 spiro atoms. The normalized spacial score (nSPS) is 12.0. The lowest BCUT2D eigenvalue weighted by molar-refractivity contribution is -0.138. The van der Waals surface area contributed by atoms with Gasteiger partial charge in [-0.2, -0.15) is 0 Å². The fraction of sp³-hybridized carbons (Fsp3) is 0.769. The van der Waals surface area contributed by atoms with Crippen molar-refractivity contribution in [1.82, 2.24) is 0 Å². The molecule has 0 bridgehead atoms. The van der Waals surface area contributed by atoms with Crippen LogP contribution in [-0.2, 0) is 14.0 Å². The molecule has 0 saturated carbocycles.